The number of amides is 2. The first-order chi connectivity index (χ1) is 19.0. The van der Waals surface area contributed by atoms with Gasteiger partial charge >= 0.3 is 0 Å². The Morgan fingerprint density at radius 3 is 2.52 bits per heavy atom. The molecule has 0 saturated carbocycles. The van der Waals surface area contributed by atoms with Gasteiger partial charge in [-0.15, -0.1) is 5.11 Å². The van der Waals surface area contributed by atoms with E-state index in [1.165, 1.54) is 0 Å². The smallest absolute Gasteiger partial charge is 0.273 e. The number of amidine groups is 1. The van der Waals surface area contributed by atoms with E-state index in [4.69, 9.17) is 33.7 Å². The van der Waals surface area contributed by atoms with Crippen molar-refractivity contribution in [3.05, 3.63) is 80.6 Å². The van der Waals surface area contributed by atoms with Crippen LogP contribution in [0.5, 0.6) is 0 Å². The zero-order valence-corrected chi connectivity index (χ0v) is 24.2. The molecule has 5 rings (SSSR count). The summed E-state index contributed by atoms with van der Waals surface area (Å²) in [5.41, 5.74) is 7.15. The number of anilines is 1. The van der Waals surface area contributed by atoms with Gasteiger partial charge in [-0.2, -0.15) is 5.10 Å². The van der Waals surface area contributed by atoms with E-state index in [0.29, 0.717) is 34.3 Å². The van der Waals surface area contributed by atoms with Crippen LogP contribution in [-0.2, 0) is 13.0 Å². The van der Waals surface area contributed by atoms with Crippen LogP contribution in [0.4, 0.5) is 5.69 Å². The Morgan fingerprint density at radius 1 is 1.12 bits per heavy atom. The maximum Gasteiger partial charge on any atom is 0.273 e. The maximum absolute atomic E-state index is 14.0. The van der Waals surface area contributed by atoms with Gasteiger partial charge in [-0.25, -0.2) is 0 Å². The predicted octanol–water partition coefficient (Wildman–Crippen LogP) is 6.33. The lowest BCUT2D eigenvalue weighted by Crippen LogP contribution is -2.45. The topological polar surface area (TPSA) is 119 Å². The Morgan fingerprint density at radius 2 is 1.85 bits per heavy atom. The number of nitrogens with one attached hydrogen (secondary N) is 2. The minimum atomic E-state index is -0.190. The van der Waals surface area contributed by atoms with Gasteiger partial charge in [0.1, 0.15) is 11.5 Å². The molecule has 0 radical (unpaired) electrons. The zero-order valence-electron chi connectivity index (χ0n) is 22.7. The van der Waals surface area contributed by atoms with Gasteiger partial charge in [0.05, 0.1) is 40.1 Å². The molecule has 0 bridgehead atoms. The molecule has 0 unspecified atom stereocenters. The van der Waals surface area contributed by atoms with E-state index in [2.05, 4.69) is 22.7 Å². The van der Waals surface area contributed by atoms with Gasteiger partial charge in [0, 0.05) is 30.1 Å². The average Bonchev–Trinajstić information content (AvgIpc) is 3.30. The number of hydrogen-bond donors (Lipinski definition) is 2. The quantitative estimate of drug-likeness (QED) is 0.158. The molecule has 0 saturated heterocycles. The van der Waals surface area contributed by atoms with Gasteiger partial charge in [0.25, 0.3) is 11.8 Å². The van der Waals surface area contributed by atoms with E-state index < -0.39 is 0 Å². The number of halogens is 2. The normalized spacial score (nSPS) is 19.4. The van der Waals surface area contributed by atoms with Crippen LogP contribution in [0.15, 0.2) is 52.8 Å². The van der Waals surface area contributed by atoms with E-state index >= 15 is 0 Å². The van der Waals surface area contributed by atoms with Gasteiger partial charge in [-0.3, -0.25) is 25.1 Å². The fourth-order valence-electron chi connectivity index (χ4n) is 5.26. The molecule has 0 aliphatic carbocycles. The Kier molecular flexibility index (Phi) is 7.65. The van der Waals surface area contributed by atoms with E-state index in [1.807, 2.05) is 47.7 Å². The minimum Gasteiger partial charge on any atom is -0.331 e. The summed E-state index contributed by atoms with van der Waals surface area (Å²) in [6.07, 6.45) is 0.557. The molecule has 40 heavy (non-hydrogen) atoms. The van der Waals surface area contributed by atoms with Crippen LogP contribution in [0.25, 0.3) is 0 Å². The molecule has 12 heteroatoms. The second kappa shape index (κ2) is 11.0. The van der Waals surface area contributed by atoms with Crippen molar-refractivity contribution in [2.24, 2.45) is 10.3 Å². The molecule has 3 atom stereocenters. The molecule has 10 nitrogen and oxygen atoms in total. The summed E-state index contributed by atoms with van der Waals surface area (Å²) in [6.45, 7) is 8.40. The second-order valence-electron chi connectivity index (χ2n) is 10.3. The summed E-state index contributed by atoms with van der Waals surface area (Å²) in [5, 5.41) is 20.3. The third-order valence-electron chi connectivity index (χ3n) is 7.45. The first-order valence-electron chi connectivity index (χ1n) is 13.0. The van der Waals surface area contributed by atoms with Crippen LogP contribution in [0.2, 0.25) is 10.0 Å². The van der Waals surface area contributed by atoms with Crippen LogP contribution >= 0.6 is 23.2 Å². The van der Waals surface area contributed by atoms with Crippen molar-refractivity contribution in [2.45, 2.75) is 58.8 Å². The van der Waals surface area contributed by atoms with Crippen LogP contribution < -0.4 is 5.43 Å². The zero-order chi connectivity index (χ0) is 28.7. The summed E-state index contributed by atoms with van der Waals surface area (Å²) in [7, 11) is 0. The van der Waals surface area contributed by atoms with Crippen molar-refractivity contribution in [3.8, 4) is 0 Å². The van der Waals surface area contributed by atoms with Crippen molar-refractivity contribution >= 4 is 46.5 Å². The Balaban J connectivity index is 1.39. The summed E-state index contributed by atoms with van der Waals surface area (Å²) in [5.74, 6) is -0.163. The standard InChI is InChI=1S/C28H30Cl2N8O2/c1-15-11-25-22(14-36(15)27(39)20-7-10-23(29)24(30)12-20)26-28(40)37(13-16(2)38(26)34-25)17(3)19-5-8-21(9-6-19)33-35-32-18(4)31/h5-10,12,15-17H,11,13-14H2,1-4H3,(H2,31,32,33)/t15-,16-,17+/m1/s1. The largest absolute Gasteiger partial charge is 0.331 e. The van der Waals surface area contributed by atoms with Gasteiger partial charge < -0.3 is 9.80 Å². The average molecular weight is 582 g/mol. The van der Waals surface area contributed by atoms with Crippen LogP contribution in [-0.4, -0.2) is 49.8 Å². The molecule has 2 aliphatic rings. The SMILES string of the molecule is CC(=N)/N=N\Nc1ccc([C@H](C)N2C[C@@H](C)n3nc4c(c3C2=O)CN(C(=O)c2ccc(Cl)c(Cl)c2)[C@H](C)C4)cc1. The lowest BCUT2D eigenvalue weighted by molar-refractivity contribution is 0.0574. The van der Waals surface area contributed by atoms with Crippen LogP contribution in [0.1, 0.15) is 77.4 Å². The molecule has 3 heterocycles. The van der Waals surface area contributed by atoms with Crippen molar-refractivity contribution in [1.82, 2.24) is 19.6 Å². The molecule has 208 valence electrons. The maximum atomic E-state index is 14.0. The molecule has 0 fully saturated rings. The second-order valence-corrected chi connectivity index (χ2v) is 11.1. The van der Waals surface area contributed by atoms with Crippen LogP contribution in [0.3, 0.4) is 0 Å². The number of benzene rings is 2. The minimum absolute atomic E-state index is 0.0269. The summed E-state index contributed by atoms with van der Waals surface area (Å²) in [4.78, 5) is 31.1. The molecular formula is C28H30Cl2N8O2. The van der Waals surface area contributed by atoms with E-state index in [-0.39, 0.29) is 42.3 Å². The Hall–Kier alpha value is -3.76. The summed E-state index contributed by atoms with van der Waals surface area (Å²) in [6, 6.07) is 12.2. The van der Waals surface area contributed by atoms with Crippen molar-refractivity contribution < 1.29 is 9.59 Å². The summed E-state index contributed by atoms with van der Waals surface area (Å²) < 4.78 is 1.83. The highest BCUT2D eigenvalue weighted by atomic mass is 35.5. The molecule has 2 N–H and O–H groups in total. The highest BCUT2D eigenvalue weighted by Crippen LogP contribution is 2.35. The number of hydrogen-bond acceptors (Lipinski definition) is 5. The van der Waals surface area contributed by atoms with Gasteiger partial charge in [0.2, 0.25) is 0 Å². The van der Waals surface area contributed by atoms with Gasteiger partial charge in [-0.1, -0.05) is 40.6 Å². The fourth-order valence-corrected chi connectivity index (χ4v) is 5.56. The lowest BCUT2D eigenvalue weighted by atomic mass is 9.96. The lowest BCUT2D eigenvalue weighted by Gasteiger charge is -2.37. The molecule has 3 aromatic rings. The highest BCUT2D eigenvalue weighted by Gasteiger charge is 2.40. The van der Waals surface area contributed by atoms with Gasteiger partial charge in [-0.05, 0) is 63.6 Å². The molecule has 2 aliphatic heterocycles. The highest BCUT2D eigenvalue weighted by molar-refractivity contribution is 6.42. The number of carbonyl (C=O) groups is 2. The third kappa shape index (κ3) is 5.21. The fraction of sp³-hybridized carbons (Fsp3) is 0.357. The van der Waals surface area contributed by atoms with E-state index in [0.717, 1.165) is 22.5 Å². The number of nitrogens with zero attached hydrogens (tertiary/aromatic N) is 6. The van der Waals surface area contributed by atoms with E-state index in [9.17, 15) is 9.59 Å². The first-order valence-corrected chi connectivity index (χ1v) is 13.8. The third-order valence-corrected chi connectivity index (χ3v) is 8.19. The number of carbonyl (C=O) groups excluding carboxylic acids is 2. The molecular weight excluding hydrogens is 551 g/mol. The molecule has 1 aromatic heterocycles. The number of aromatic nitrogens is 2. The number of rotatable bonds is 5. The van der Waals surface area contributed by atoms with Crippen molar-refractivity contribution in [2.75, 3.05) is 12.0 Å². The predicted molar refractivity (Wildman–Crippen MR) is 154 cm³/mol. The number of fused-ring (bicyclic) bond motifs is 3. The molecule has 0 spiro atoms. The molecule has 2 aromatic carbocycles. The Bertz CT molecular complexity index is 1520. The first kappa shape index (κ1) is 27.8. The Labute approximate surface area is 242 Å². The van der Waals surface area contributed by atoms with Crippen molar-refractivity contribution in [3.63, 3.8) is 0 Å². The summed E-state index contributed by atoms with van der Waals surface area (Å²) >= 11 is 12.2. The van der Waals surface area contributed by atoms with Crippen LogP contribution in [0, 0.1) is 5.41 Å². The monoisotopic (exact) mass is 580 g/mol. The van der Waals surface area contributed by atoms with E-state index in [1.54, 1.807) is 30.0 Å². The molecule has 2 amide bonds. The van der Waals surface area contributed by atoms with Crippen molar-refractivity contribution in [1.29, 1.82) is 5.41 Å². The van der Waals surface area contributed by atoms with Gasteiger partial charge in [0.15, 0.2) is 0 Å².